The van der Waals surface area contributed by atoms with Crippen LogP contribution in [0.1, 0.15) is 18.7 Å². The van der Waals surface area contributed by atoms with Crippen LogP contribution in [0.2, 0.25) is 0 Å². The van der Waals surface area contributed by atoms with Crippen molar-refractivity contribution in [2.75, 3.05) is 13.2 Å². The zero-order valence-corrected chi connectivity index (χ0v) is 12.2. The number of carbonyl (C=O) groups is 1. The predicted octanol–water partition coefficient (Wildman–Crippen LogP) is 1.82. The summed E-state index contributed by atoms with van der Waals surface area (Å²) in [6, 6.07) is 9.77. The third kappa shape index (κ3) is 3.52. The molecule has 1 aliphatic rings. The van der Waals surface area contributed by atoms with Crippen molar-refractivity contribution in [3.63, 3.8) is 0 Å². The second-order valence-electron chi connectivity index (χ2n) is 5.04. The molecule has 114 valence electrons. The molecule has 0 radical (unpaired) electrons. The SMILES string of the molecule is O=C(NCCc1nc(-c2ccccc2)n[nH]1)C1=CCCCO1. The van der Waals surface area contributed by atoms with Crippen LogP contribution in [0.3, 0.4) is 0 Å². The summed E-state index contributed by atoms with van der Waals surface area (Å²) in [4.78, 5) is 16.3. The molecule has 1 aromatic heterocycles. The van der Waals surface area contributed by atoms with E-state index in [1.165, 1.54) is 0 Å². The molecule has 0 bridgehead atoms. The van der Waals surface area contributed by atoms with Crippen molar-refractivity contribution < 1.29 is 9.53 Å². The number of nitrogens with one attached hydrogen (secondary N) is 2. The van der Waals surface area contributed by atoms with Crippen LogP contribution in [0.4, 0.5) is 0 Å². The molecule has 22 heavy (non-hydrogen) atoms. The van der Waals surface area contributed by atoms with Gasteiger partial charge in [-0.25, -0.2) is 4.98 Å². The number of nitrogens with zero attached hydrogens (tertiary/aromatic N) is 2. The fourth-order valence-electron chi connectivity index (χ4n) is 2.22. The van der Waals surface area contributed by atoms with Gasteiger partial charge in [0.05, 0.1) is 6.61 Å². The summed E-state index contributed by atoms with van der Waals surface area (Å²) in [5, 5.41) is 9.92. The molecule has 1 amide bonds. The predicted molar refractivity (Wildman–Crippen MR) is 81.8 cm³/mol. The molecule has 6 nitrogen and oxygen atoms in total. The summed E-state index contributed by atoms with van der Waals surface area (Å²) >= 11 is 0. The van der Waals surface area contributed by atoms with Crippen LogP contribution >= 0.6 is 0 Å². The van der Waals surface area contributed by atoms with Gasteiger partial charge < -0.3 is 10.1 Å². The molecule has 2 aromatic rings. The van der Waals surface area contributed by atoms with Crippen molar-refractivity contribution in [2.45, 2.75) is 19.3 Å². The molecule has 2 N–H and O–H groups in total. The summed E-state index contributed by atoms with van der Waals surface area (Å²) in [5.41, 5.74) is 0.967. The van der Waals surface area contributed by atoms with E-state index in [2.05, 4.69) is 20.5 Å². The standard InChI is InChI=1S/C16H18N4O2/c21-16(13-8-4-5-11-22-13)17-10-9-14-18-15(20-19-14)12-6-2-1-3-7-12/h1-3,6-8H,4-5,9-11H2,(H,17,21)(H,18,19,20). The molecule has 0 spiro atoms. The van der Waals surface area contributed by atoms with Crippen LogP contribution < -0.4 is 5.32 Å². The van der Waals surface area contributed by atoms with E-state index in [0.717, 1.165) is 24.2 Å². The molecule has 0 saturated carbocycles. The average Bonchev–Trinajstić information content (AvgIpc) is 3.05. The maximum atomic E-state index is 11.9. The quantitative estimate of drug-likeness (QED) is 0.882. The number of allylic oxidation sites excluding steroid dienone is 1. The number of rotatable bonds is 5. The molecule has 6 heteroatoms. The van der Waals surface area contributed by atoms with E-state index < -0.39 is 0 Å². The van der Waals surface area contributed by atoms with Crippen molar-refractivity contribution in [3.8, 4) is 11.4 Å². The van der Waals surface area contributed by atoms with Gasteiger partial charge in [-0.2, -0.15) is 5.10 Å². The minimum atomic E-state index is -0.164. The lowest BCUT2D eigenvalue weighted by Crippen LogP contribution is -2.29. The molecule has 2 heterocycles. The summed E-state index contributed by atoms with van der Waals surface area (Å²) in [5.74, 6) is 1.68. The number of aromatic amines is 1. The van der Waals surface area contributed by atoms with E-state index in [4.69, 9.17) is 4.74 Å². The highest BCUT2D eigenvalue weighted by Gasteiger charge is 2.13. The van der Waals surface area contributed by atoms with E-state index >= 15 is 0 Å². The third-order valence-electron chi connectivity index (χ3n) is 3.37. The highest BCUT2D eigenvalue weighted by atomic mass is 16.5. The Kier molecular flexibility index (Phi) is 4.48. The highest BCUT2D eigenvalue weighted by Crippen LogP contribution is 2.13. The van der Waals surface area contributed by atoms with Crippen LogP contribution in [0.5, 0.6) is 0 Å². The molecule has 0 atom stereocenters. The zero-order valence-electron chi connectivity index (χ0n) is 12.2. The van der Waals surface area contributed by atoms with Gasteiger partial charge in [-0.1, -0.05) is 30.3 Å². The fourth-order valence-corrected chi connectivity index (χ4v) is 2.22. The number of hydrogen-bond donors (Lipinski definition) is 2. The number of H-pyrrole nitrogens is 1. The van der Waals surface area contributed by atoms with Crippen molar-refractivity contribution >= 4 is 5.91 Å². The Morgan fingerprint density at radius 2 is 2.18 bits per heavy atom. The Hall–Kier alpha value is -2.63. The number of ether oxygens (including phenoxy) is 1. The van der Waals surface area contributed by atoms with Crippen LogP contribution in [-0.4, -0.2) is 34.2 Å². The highest BCUT2D eigenvalue weighted by molar-refractivity contribution is 5.91. The van der Waals surface area contributed by atoms with Gasteiger partial charge >= 0.3 is 0 Å². The summed E-state index contributed by atoms with van der Waals surface area (Å²) in [6.07, 6.45) is 4.29. The van der Waals surface area contributed by atoms with Crippen molar-refractivity contribution in [3.05, 3.63) is 48.0 Å². The smallest absolute Gasteiger partial charge is 0.286 e. The topological polar surface area (TPSA) is 79.9 Å². The Morgan fingerprint density at radius 3 is 2.95 bits per heavy atom. The number of hydrogen-bond acceptors (Lipinski definition) is 4. The first-order valence-electron chi connectivity index (χ1n) is 7.41. The lowest BCUT2D eigenvalue weighted by atomic mass is 10.2. The molecular formula is C16H18N4O2. The number of aromatic nitrogens is 3. The second-order valence-corrected chi connectivity index (χ2v) is 5.04. The van der Waals surface area contributed by atoms with E-state index in [9.17, 15) is 4.79 Å². The first kappa shape index (κ1) is 14.3. The first-order chi connectivity index (χ1) is 10.8. The Morgan fingerprint density at radius 1 is 1.32 bits per heavy atom. The molecule has 0 saturated heterocycles. The normalized spacial score (nSPS) is 14.1. The van der Waals surface area contributed by atoms with Gasteiger partial charge in [0.25, 0.3) is 5.91 Å². The third-order valence-corrected chi connectivity index (χ3v) is 3.37. The first-order valence-corrected chi connectivity index (χ1v) is 7.41. The van der Waals surface area contributed by atoms with Gasteiger partial charge in [-0.05, 0) is 18.9 Å². The maximum Gasteiger partial charge on any atom is 0.286 e. The maximum absolute atomic E-state index is 11.9. The van der Waals surface area contributed by atoms with Gasteiger partial charge in [0, 0.05) is 18.5 Å². The summed E-state index contributed by atoms with van der Waals surface area (Å²) in [7, 11) is 0. The van der Waals surface area contributed by atoms with Crippen molar-refractivity contribution in [2.24, 2.45) is 0 Å². The van der Waals surface area contributed by atoms with E-state index in [0.29, 0.717) is 31.2 Å². The van der Waals surface area contributed by atoms with Gasteiger partial charge in [0.15, 0.2) is 11.6 Å². The summed E-state index contributed by atoms with van der Waals surface area (Å²) < 4.78 is 5.32. The number of amides is 1. The van der Waals surface area contributed by atoms with Gasteiger partial charge in [0.2, 0.25) is 0 Å². The molecule has 3 rings (SSSR count). The average molecular weight is 298 g/mol. The largest absolute Gasteiger partial charge is 0.488 e. The van der Waals surface area contributed by atoms with Gasteiger partial charge in [-0.15, -0.1) is 0 Å². The van der Waals surface area contributed by atoms with Crippen molar-refractivity contribution in [1.29, 1.82) is 0 Å². The lowest BCUT2D eigenvalue weighted by Gasteiger charge is -2.14. The van der Waals surface area contributed by atoms with E-state index in [-0.39, 0.29) is 5.91 Å². The van der Waals surface area contributed by atoms with Crippen LogP contribution in [0, 0.1) is 0 Å². The lowest BCUT2D eigenvalue weighted by molar-refractivity contribution is -0.121. The fraction of sp³-hybridized carbons (Fsp3) is 0.312. The van der Waals surface area contributed by atoms with Crippen LogP contribution in [0.25, 0.3) is 11.4 Å². The second kappa shape index (κ2) is 6.89. The Bertz CT molecular complexity index is 664. The number of carbonyl (C=O) groups excluding carboxylic acids is 1. The number of benzene rings is 1. The molecule has 0 unspecified atom stereocenters. The van der Waals surface area contributed by atoms with Gasteiger partial charge in [0.1, 0.15) is 5.82 Å². The minimum Gasteiger partial charge on any atom is -0.488 e. The van der Waals surface area contributed by atoms with E-state index in [1.807, 2.05) is 36.4 Å². The molecule has 1 aromatic carbocycles. The van der Waals surface area contributed by atoms with Gasteiger partial charge in [-0.3, -0.25) is 9.89 Å². The van der Waals surface area contributed by atoms with Crippen LogP contribution in [0.15, 0.2) is 42.2 Å². The summed E-state index contributed by atoms with van der Waals surface area (Å²) in [6.45, 7) is 1.10. The minimum absolute atomic E-state index is 0.164. The van der Waals surface area contributed by atoms with Crippen molar-refractivity contribution in [1.82, 2.24) is 20.5 Å². The monoisotopic (exact) mass is 298 g/mol. The Balaban J connectivity index is 1.51. The molecular weight excluding hydrogens is 280 g/mol. The van der Waals surface area contributed by atoms with E-state index in [1.54, 1.807) is 0 Å². The Labute approximate surface area is 128 Å². The van der Waals surface area contributed by atoms with Crippen LogP contribution in [-0.2, 0) is 16.0 Å². The molecule has 0 fully saturated rings. The zero-order chi connectivity index (χ0) is 15.2. The molecule has 0 aliphatic carbocycles. The molecule has 1 aliphatic heterocycles.